The second-order valence-corrected chi connectivity index (χ2v) is 16.2. The molecule has 7 nitrogen and oxygen atoms in total. The fourth-order valence-corrected chi connectivity index (χ4v) is 10.2. The zero-order chi connectivity index (χ0) is 30.9. The van der Waals surface area contributed by atoms with Gasteiger partial charge in [-0.25, -0.2) is 8.42 Å². The number of hydrogen-bond donors (Lipinski definition) is 1. The average Bonchev–Trinajstić information content (AvgIpc) is 2.99. The molecule has 0 saturated heterocycles. The SMILES string of the molecule is CC[C@@H](C(=O)NC1CCCCC1)N(Cc1ccccc1)C(=O)CN(c1ccc(C23CC4CC(CC(C4)C2)C3)cc1)S(C)(=O)=O. The summed E-state index contributed by atoms with van der Waals surface area (Å²) >= 11 is 0. The molecular weight excluding hydrogens is 570 g/mol. The van der Waals surface area contributed by atoms with Gasteiger partial charge in [-0.2, -0.15) is 0 Å². The average molecular weight is 620 g/mol. The Kier molecular flexibility index (Phi) is 9.10. The molecule has 0 radical (unpaired) electrons. The van der Waals surface area contributed by atoms with Crippen LogP contribution in [0.15, 0.2) is 54.6 Å². The minimum atomic E-state index is -3.77. The predicted molar refractivity (Wildman–Crippen MR) is 175 cm³/mol. The van der Waals surface area contributed by atoms with E-state index in [4.69, 9.17) is 0 Å². The Hall–Kier alpha value is -2.87. The smallest absolute Gasteiger partial charge is 0.244 e. The van der Waals surface area contributed by atoms with E-state index in [0.717, 1.165) is 55.3 Å². The van der Waals surface area contributed by atoms with Gasteiger partial charge >= 0.3 is 0 Å². The van der Waals surface area contributed by atoms with Gasteiger partial charge in [0.2, 0.25) is 21.8 Å². The molecule has 5 aliphatic rings. The molecule has 0 aromatic heterocycles. The van der Waals surface area contributed by atoms with Gasteiger partial charge < -0.3 is 10.2 Å². The van der Waals surface area contributed by atoms with Gasteiger partial charge in [-0.3, -0.25) is 13.9 Å². The first-order valence-electron chi connectivity index (χ1n) is 16.9. The van der Waals surface area contributed by atoms with E-state index in [-0.39, 0.29) is 36.4 Å². The van der Waals surface area contributed by atoms with E-state index in [1.54, 1.807) is 4.90 Å². The van der Waals surface area contributed by atoms with Crippen LogP contribution in [0.25, 0.3) is 0 Å². The minimum Gasteiger partial charge on any atom is -0.352 e. The third kappa shape index (κ3) is 6.70. The van der Waals surface area contributed by atoms with Crippen molar-refractivity contribution in [3.63, 3.8) is 0 Å². The van der Waals surface area contributed by atoms with Gasteiger partial charge in [0.25, 0.3) is 0 Å². The van der Waals surface area contributed by atoms with Gasteiger partial charge in [0.05, 0.1) is 11.9 Å². The molecule has 2 aromatic rings. The highest BCUT2D eigenvalue weighted by Gasteiger charge is 2.51. The van der Waals surface area contributed by atoms with E-state index in [1.165, 1.54) is 54.8 Å². The van der Waals surface area contributed by atoms with Crippen molar-refractivity contribution < 1.29 is 18.0 Å². The van der Waals surface area contributed by atoms with Crippen LogP contribution in [0.3, 0.4) is 0 Å². The number of rotatable bonds is 11. The number of carbonyl (C=O) groups is 2. The van der Waals surface area contributed by atoms with Crippen LogP contribution in [-0.2, 0) is 31.6 Å². The van der Waals surface area contributed by atoms with Crippen molar-refractivity contribution in [1.82, 2.24) is 10.2 Å². The van der Waals surface area contributed by atoms with Gasteiger partial charge in [-0.15, -0.1) is 0 Å². The van der Waals surface area contributed by atoms with Crippen molar-refractivity contribution in [3.05, 3.63) is 65.7 Å². The molecule has 5 fully saturated rings. The number of nitrogens with one attached hydrogen (secondary N) is 1. The second kappa shape index (κ2) is 12.9. The highest BCUT2D eigenvalue weighted by molar-refractivity contribution is 7.92. The molecule has 0 spiro atoms. The lowest BCUT2D eigenvalue weighted by molar-refractivity contribution is -0.140. The molecule has 5 aliphatic carbocycles. The Morgan fingerprint density at radius 1 is 0.886 bits per heavy atom. The lowest BCUT2D eigenvalue weighted by Gasteiger charge is -2.57. The maximum atomic E-state index is 14.1. The molecule has 44 heavy (non-hydrogen) atoms. The molecular formula is C36H49N3O4S. The quantitative estimate of drug-likeness (QED) is 0.326. The Morgan fingerprint density at radius 3 is 2.02 bits per heavy atom. The Balaban J connectivity index is 1.23. The van der Waals surface area contributed by atoms with Crippen LogP contribution in [-0.4, -0.2) is 50.0 Å². The zero-order valence-electron chi connectivity index (χ0n) is 26.4. The van der Waals surface area contributed by atoms with Crippen LogP contribution in [0.5, 0.6) is 0 Å². The predicted octanol–water partition coefficient (Wildman–Crippen LogP) is 6.18. The number of amides is 2. The van der Waals surface area contributed by atoms with E-state index < -0.39 is 16.1 Å². The van der Waals surface area contributed by atoms with Crippen molar-refractivity contribution >= 4 is 27.5 Å². The zero-order valence-corrected chi connectivity index (χ0v) is 27.2. The van der Waals surface area contributed by atoms with E-state index in [0.29, 0.717) is 12.1 Å². The summed E-state index contributed by atoms with van der Waals surface area (Å²) < 4.78 is 27.5. The summed E-state index contributed by atoms with van der Waals surface area (Å²) in [5.41, 5.74) is 2.92. The van der Waals surface area contributed by atoms with Gasteiger partial charge in [-0.1, -0.05) is 68.7 Å². The third-order valence-electron chi connectivity index (χ3n) is 11.0. The Bertz CT molecular complexity index is 1380. The molecule has 2 amide bonds. The molecule has 0 heterocycles. The van der Waals surface area contributed by atoms with E-state index in [9.17, 15) is 18.0 Å². The number of hydrogen-bond acceptors (Lipinski definition) is 4. The Morgan fingerprint density at radius 2 is 1.48 bits per heavy atom. The summed E-state index contributed by atoms with van der Waals surface area (Å²) in [6.07, 6.45) is 14.7. The van der Waals surface area contributed by atoms with Crippen molar-refractivity contribution in [2.45, 2.75) is 108 Å². The molecule has 2 aromatic carbocycles. The molecule has 0 aliphatic heterocycles. The molecule has 8 heteroatoms. The van der Waals surface area contributed by atoms with Crippen LogP contribution in [0.4, 0.5) is 5.69 Å². The van der Waals surface area contributed by atoms with Crippen molar-refractivity contribution in [2.24, 2.45) is 17.8 Å². The third-order valence-corrected chi connectivity index (χ3v) is 12.2. The van der Waals surface area contributed by atoms with Crippen molar-refractivity contribution in [1.29, 1.82) is 0 Å². The summed E-state index contributed by atoms with van der Waals surface area (Å²) in [7, 11) is -3.77. The minimum absolute atomic E-state index is 0.124. The Labute approximate surface area is 263 Å². The van der Waals surface area contributed by atoms with Gasteiger partial charge in [0.15, 0.2) is 0 Å². The van der Waals surface area contributed by atoms with Crippen LogP contribution in [0.1, 0.15) is 95.1 Å². The maximum absolute atomic E-state index is 14.1. The first-order chi connectivity index (χ1) is 21.1. The summed E-state index contributed by atoms with van der Waals surface area (Å²) in [6.45, 7) is 1.79. The fourth-order valence-electron chi connectivity index (χ4n) is 9.30. The van der Waals surface area contributed by atoms with Gasteiger partial charge in [-0.05, 0) is 104 Å². The highest BCUT2D eigenvalue weighted by atomic mass is 32.2. The first-order valence-corrected chi connectivity index (χ1v) is 18.7. The summed E-state index contributed by atoms with van der Waals surface area (Å²) in [5.74, 6) is 1.93. The van der Waals surface area contributed by atoms with Crippen LogP contribution in [0, 0.1) is 17.8 Å². The topological polar surface area (TPSA) is 86.8 Å². The highest BCUT2D eigenvalue weighted by Crippen LogP contribution is 2.60. The van der Waals surface area contributed by atoms with Crippen LogP contribution >= 0.6 is 0 Å². The van der Waals surface area contributed by atoms with E-state index in [2.05, 4.69) is 17.4 Å². The molecule has 5 saturated carbocycles. The standard InChI is InChI=1S/C36H49N3O4S/c1-3-33(35(41)37-31-12-8-5-9-13-31)38(24-26-10-6-4-7-11-26)34(40)25-39(44(2,42)43)32-16-14-30(15-17-32)36-21-27-18-28(22-36)20-29(19-27)23-36/h4,6-7,10-11,14-17,27-29,31,33H,3,5,8-9,12-13,18-25H2,1-2H3,(H,37,41)/t27?,28?,29?,33-,36?/m0/s1. The number of benzene rings is 2. The molecule has 238 valence electrons. The summed E-state index contributed by atoms with van der Waals surface area (Å²) in [6, 6.07) is 17.0. The molecule has 0 unspecified atom stereocenters. The second-order valence-electron chi connectivity index (χ2n) is 14.3. The van der Waals surface area contributed by atoms with Crippen molar-refractivity contribution in [3.8, 4) is 0 Å². The van der Waals surface area contributed by atoms with E-state index >= 15 is 0 Å². The van der Waals surface area contributed by atoms with Crippen LogP contribution in [0.2, 0.25) is 0 Å². The number of nitrogens with zero attached hydrogens (tertiary/aromatic N) is 2. The molecule has 1 N–H and O–H groups in total. The number of carbonyl (C=O) groups excluding carboxylic acids is 2. The summed E-state index contributed by atoms with van der Waals surface area (Å²) in [5, 5.41) is 3.20. The summed E-state index contributed by atoms with van der Waals surface area (Å²) in [4.78, 5) is 29.3. The van der Waals surface area contributed by atoms with Gasteiger partial charge in [0.1, 0.15) is 12.6 Å². The number of sulfonamides is 1. The first kappa shape index (κ1) is 31.1. The van der Waals surface area contributed by atoms with E-state index in [1.807, 2.05) is 49.4 Å². The largest absolute Gasteiger partial charge is 0.352 e. The number of anilines is 1. The molecule has 4 bridgehead atoms. The lowest BCUT2D eigenvalue weighted by Crippen LogP contribution is -2.54. The van der Waals surface area contributed by atoms with Crippen molar-refractivity contribution in [2.75, 3.05) is 17.1 Å². The molecule has 1 atom stereocenters. The fraction of sp³-hybridized carbons (Fsp3) is 0.611. The normalized spacial score (nSPS) is 27.1. The lowest BCUT2D eigenvalue weighted by atomic mass is 9.48. The van der Waals surface area contributed by atoms with Gasteiger partial charge in [0, 0.05) is 12.6 Å². The maximum Gasteiger partial charge on any atom is 0.244 e. The monoisotopic (exact) mass is 619 g/mol. The van der Waals surface area contributed by atoms with Crippen LogP contribution < -0.4 is 9.62 Å². The molecule has 7 rings (SSSR count).